The smallest absolute Gasteiger partial charge is 0.342 e. The summed E-state index contributed by atoms with van der Waals surface area (Å²) in [7, 11) is 0. The fourth-order valence-corrected chi connectivity index (χ4v) is 1.66. The molecule has 0 aliphatic carbocycles. The van der Waals surface area contributed by atoms with Crippen LogP contribution in [0, 0.1) is 0 Å². The molecular weight excluding hydrogens is 250 g/mol. The summed E-state index contributed by atoms with van der Waals surface area (Å²) in [5.74, 6) is -1.60. The number of anilines is 1. The minimum absolute atomic E-state index is 0.183. The highest BCUT2D eigenvalue weighted by Gasteiger charge is 2.07. The molecule has 1 aromatic rings. The van der Waals surface area contributed by atoms with Crippen molar-refractivity contribution in [3.05, 3.63) is 29.8 Å². The molecule has 0 fully saturated rings. The summed E-state index contributed by atoms with van der Waals surface area (Å²) in [6.07, 6.45) is 2.40. The van der Waals surface area contributed by atoms with Crippen molar-refractivity contribution < 1.29 is 24.8 Å². The van der Waals surface area contributed by atoms with Crippen molar-refractivity contribution in [2.24, 2.45) is 0 Å². The van der Waals surface area contributed by atoms with Crippen LogP contribution < -0.4 is 5.32 Å². The number of carboxylic acids is 1. The summed E-state index contributed by atoms with van der Waals surface area (Å²) in [4.78, 5) is 25.1. The molecule has 104 valence electrons. The first-order valence-electron chi connectivity index (χ1n) is 6.05. The van der Waals surface area contributed by atoms with Crippen LogP contribution in [0.4, 0.5) is 5.69 Å². The Hall–Kier alpha value is -2.08. The first-order chi connectivity index (χ1) is 9.15. The number of hydrogen-bond donors (Lipinski definition) is 3. The van der Waals surface area contributed by atoms with E-state index in [0.29, 0.717) is 18.7 Å². The molecule has 0 heterocycles. The second-order valence-corrected chi connectivity index (χ2v) is 4.05. The zero-order chi connectivity index (χ0) is 14.1. The predicted octanol–water partition coefficient (Wildman–Crippen LogP) is 2.37. The molecule has 6 nitrogen and oxygen atoms in total. The Labute approximate surface area is 110 Å². The Kier molecular flexibility index (Phi) is 6.38. The van der Waals surface area contributed by atoms with Crippen molar-refractivity contribution in [1.82, 2.24) is 0 Å². The molecule has 1 rings (SSSR count). The van der Waals surface area contributed by atoms with Crippen LogP contribution in [0.15, 0.2) is 24.3 Å². The van der Waals surface area contributed by atoms with Crippen molar-refractivity contribution in [2.75, 3.05) is 11.9 Å². The fraction of sp³-hybridized carbons (Fsp3) is 0.385. The van der Waals surface area contributed by atoms with E-state index in [9.17, 15) is 9.59 Å². The van der Waals surface area contributed by atoms with Crippen LogP contribution in [-0.4, -0.2) is 28.8 Å². The average Bonchev–Trinajstić information content (AvgIpc) is 2.42. The summed E-state index contributed by atoms with van der Waals surface area (Å²) in [5.41, 5.74) is 0.830. The molecule has 0 bridgehead atoms. The lowest BCUT2D eigenvalue weighted by atomic mass is 10.1. The summed E-state index contributed by atoms with van der Waals surface area (Å²) in [6.45, 7) is 0.623. The third-order valence-electron chi connectivity index (χ3n) is 2.63. The number of benzene rings is 1. The number of hydrogen-bond acceptors (Lipinski definition) is 5. The molecule has 3 N–H and O–H groups in total. The molecule has 19 heavy (non-hydrogen) atoms. The molecule has 0 saturated heterocycles. The minimum Gasteiger partial charge on any atom is -0.478 e. The molecule has 0 atom stereocenters. The number of para-hydroxylation sites is 1. The molecule has 0 saturated carbocycles. The summed E-state index contributed by atoms with van der Waals surface area (Å²) >= 11 is 0. The van der Waals surface area contributed by atoms with E-state index in [1.54, 1.807) is 24.3 Å². The van der Waals surface area contributed by atoms with Gasteiger partial charge in [-0.05, 0) is 25.0 Å². The third-order valence-corrected chi connectivity index (χ3v) is 2.63. The van der Waals surface area contributed by atoms with E-state index in [1.807, 2.05) is 0 Å². The van der Waals surface area contributed by atoms with Gasteiger partial charge in [-0.1, -0.05) is 18.6 Å². The lowest BCUT2D eigenvalue weighted by Gasteiger charge is -2.08. The largest absolute Gasteiger partial charge is 0.478 e. The van der Waals surface area contributed by atoms with Gasteiger partial charge < -0.3 is 15.3 Å². The topological polar surface area (TPSA) is 95.9 Å². The van der Waals surface area contributed by atoms with Crippen molar-refractivity contribution in [3.8, 4) is 0 Å². The fourth-order valence-electron chi connectivity index (χ4n) is 1.66. The van der Waals surface area contributed by atoms with Gasteiger partial charge in [-0.25, -0.2) is 9.59 Å². The zero-order valence-corrected chi connectivity index (χ0v) is 10.5. The Morgan fingerprint density at radius 1 is 1.16 bits per heavy atom. The van der Waals surface area contributed by atoms with Crippen molar-refractivity contribution >= 4 is 17.6 Å². The van der Waals surface area contributed by atoms with Crippen LogP contribution in [0.5, 0.6) is 0 Å². The number of carboxylic acid groups (broad SMARTS) is 1. The maximum atomic E-state index is 10.9. The second kappa shape index (κ2) is 8.10. The zero-order valence-electron chi connectivity index (χ0n) is 10.5. The van der Waals surface area contributed by atoms with Crippen molar-refractivity contribution in [3.63, 3.8) is 0 Å². The van der Waals surface area contributed by atoms with Crippen molar-refractivity contribution in [2.45, 2.75) is 25.7 Å². The highest BCUT2D eigenvalue weighted by molar-refractivity contribution is 5.94. The number of unbranched alkanes of at least 4 members (excludes halogenated alkanes) is 2. The number of aromatic carboxylic acids is 1. The number of carbonyl (C=O) groups excluding carboxylic acids is 1. The highest BCUT2D eigenvalue weighted by atomic mass is 17.1. The van der Waals surface area contributed by atoms with Crippen LogP contribution in [0.1, 0.15) is 36.0 Å². The molecule has 0 aliphatic rings. The summed E-state index contributed by atoms with van der Waals surface area (Å²) < 4.78 is 0. The quantitative estimate of drug-likeness (QED) is 0.380. The molecule has 0 radical (unpaired) electrons. The van der Waals surface area contributed by atoms with Gasteiger partial charge in [-0.3, -0.25) is 0 Å². The van der Waals surface area contributed by atoms with Gasteiger partial charge in [0.25, 0.3) is 0 Å². The van der Waals surface area contributed by atoms with Crippen molar-refractivity contribution in [1.29, 1.82) is 0 Å². The molecule has 6 heteroatoms. The van der Waals surface area contributed by atoms with E-state index in [-0.39, 0.29) is 12.0 Å². The first-order valence-corrected chi connectivity index (χ1v) is 6.05. The highest BCUT2D eigenvalue weighted by Crippen LogP contribution is 2.15. The molecule has 0 aromatic heterocycles. The van der Waals surface area contributed by atoms with Crippen LogP contribution >= 0.6 is 0 Å². The predicted molar refractivity (Wildman–Crippen MR) is 69.1 cm³/mol. The third kappa shape index (κ3) is 5.39. The molecule has 0 unspecified atom stereocenters. The first kappa shape index (κ1) is 15.0. The molecule has 0 amide bonds. The molecular formula is C13H17NO5. The van der Waals surface area contributed by atoms with E-state index < -0.39 is 11.9 Å². The lowest BCUT2D eigenvalue weighted by Crippen LogP contribution is -2.07. The van der Waals surface area contributed by atoms with Crippen LogP contribution in [0.25, 0.3) is 0 Å². The maximum Gasteiger partial charge on any atom is 0.342 e. The van der Waals surface area contributed by atoms with Crippen LogP contribution in [0.2, 0.25) is 0 Å². The van der Waals surface area contributed by atoms with Crippen LogP contribution in [-0.2, 0) is 9.68 Å². The van der Waals surface area contributed by atoms with E-state index in [4.69, 9.17) is 10.4 Å². The number of nitrogens with one attached hydrogen (secondary N) is 1. The van der Waals surface area contributed by atoms with Gasteiger partial charge in [0.15, 0.2) is 0 Å². The SMILES string of the molecule is O=C(CCCCCNc1ccccc1C(=O)O)OO. The van der Waals surface area contributed by atoms with Gasteiger partial charge in [0.05, 0.1) is 5.56 Å². The molecule has 0 aliphatic heterocycles. The second-order valence-electron chi connectivity index (χ2n) is 4.05. The number of rotatable bonds is 8. The average molecular weight is 267 g/mol. The summed E-state index contributed by atoms with van der Waals surface area (Å²) in [6, 6.07) is 6.70. The van der Waals surface area contributed by atoms with Crippen LogP contribution in [0.3, 0.4) is 0 Å². The Balaban J connectivity index is 2.26. The maximum absolute atomic E-state index is 10.9. The van der Waals surface area contributed by atoms with E-state index >= 15 is 0 Å². The Morgan fingerprint density at radius 2 is 1.89 bits per heavy atom. The van der Waals surface area contributed by atoms with Gasteiger partial charge in [0, 0.05) is 18.7 Å². The number of carbonyl (C=O) groups is 2. The van der Waals surface area contributed by atoms with Gasteiger partial charge >= 0.3 is 11.9 Å². The van der Waals surface area contributed by atoms with Gasteiger partial charge in [0.2, 0.25) is 0 Å². The normalized spacial score (nSPS) is 9.95. The monoisotopic (exact) mass is 267 g/mol. The van der Waals surface area contributed by atoms with Gasteiger partial charge in [-0.15, -0.1) is 0 Å². The Bertz CT molecular complexity index is 433. The van der Waals surface area contributed by atoms with Gasteiger partial charge in [-0.2, -0.15) is 5.26 Å². The standard InChI is InChI=1S/C13H17NO5/c15-12(19-18)8-2-1-5-9-14-11-7-4-3-6-10(11)13(16)17/h3-4,6-7,14,18H,1-2,5,8-9H2,(H,16,17). The van der Waals surface area contributed by atoms with E-state index in [2.05, 4.69) is 10.2 Å². The van der Waals surface area contributed by atoms with E-state index in [0.717, 1.165) is 12.8 Å². The minimum atomic E-state index is -0.964. The van der Waals surface area contributed by atoms with E-state index in [1.165, 1.54) is 0 Å². The van der Waals surface area contributed by atoms with Gasteiger partial charge in [0.1, 0.15) is 0 Å². The Morgan fingerprint density at radius 3 is 2.58 bits per heavy atom. The lowest BCUT2D eigenvalue weighted by molar-refractivity contribution is -0.234. The summed E-state index contributed by atoms with van der Waals surface area (Å²) in [5, 5.41) is 20.1. The molecule has 1 aromatic carbocycles. The molecule has 0 spiro atoms.